The van der Waals surface area contributed by atoms with E-state index in [0.29, 0.717) is 17.6 Å². The summed E-state index contributed by atoms with van der Waals surface area (Å²) in [6.45, 7) is 2.69. The molecule has 130 valence electrons. The van der Waals surface area contributed by atoms with Gasteiger partial charge in [-0.15, -0.1) is 5.10 Å². The summed E-state index contributed by atoms with van der Waals surface area (Å²) in [7, 11) is -3.41. The quantitative estimate of drug-likeness (QED) is 0.723. The van der Waals surface area contributed by atoms with E-state index in [1.165, 1.54) is 0 Å². The molecule has 3 rings (SSSR count). The van der Waals surface area contributed by atoms with E-state index >= 15 is 0 Å². The summed E-state index contributed by atoms with van der Waals surface area (Å²) in [4.78, 5) is 12.5. The van der Waals surface area contributed by atoms with Crippen LogP contribution in [0.5, 0.6) is 0 Å². The summed E-state index contributed by atoms with van der Waals surface area (Å²) in [6, 6.07) is 13.3. The number of amides is 1. The van der Waals surface area contributed by atoms with Crippen molar-refractivity contribution in [3.05, 3.63) is 54.1 Å². The van der Waals surface area contributed by atoms with Gasteiger partial charge in [0.05, 0.1) is 16.2 Å². The van der Waals surface area contributed by atoms with Gasteiger partial charge in [-0.3, -0.25) is 4.79 Å². The van der Waals surface area contributed by atoms with E-state index in [0.717, 1.165) is 5.52 Å². The van der Waals surface area contributed by atoms with Crippen LogP contribution in [-0.2, 0) is 16.4 Å². The van der Waals surface area contributed by atoms with Crippen molar-refractivity contribution >= 4 is 26.8 Å². The van der Waals surface area contributed by atoms with Crippen LogP contribution in [0.25, 0.3) is 11.0 Å². The monoisotopic (exact) mass is 358 g/mol. The minimum atomic E-state index is -3.41. The number of aryl methyl sites for hydroxylation is 1. The number of nitrogens with zero attached hydrogens (tertiary/aromatic N) is 3. The molecule has 0 saturated heterocycles. The second-order valence-electron chi connectivity index (χ2n) is 5.50. The molecule has 0 spiro atoms. The number of hydrogen-bond acceptors (Lipinski definition) is 5. The highest BCUT2D eigenvalue weighted by Gasteiger charge is 2.15. The van der Waals surface area contributed by atoms with Crippen molar-refractivity contribution in [1.29, 1.82) is 0 Å². The molecule has 0 bridgehead atoms. The van der Waals surface area contributed by atoms with Crippen LogP contribution in [0.4, 0.5) is 0 Å². The van der Waals surface area contributed by atoms with Crippen molar-refractivity contribution in [1.82, 2.24) is 20.3 Å². The number of rotatable bonds is 6. The first-order valence-corrected chi connectivity index (χ1v) is 9.56. The van der Waals surface area contributed by atoms with Crippen molar-refractivity contribution in [2.45, 2.75) is 18.4 Å². The Hall–Kier alpha value is -2.74. The van der Waals surface area contributed by atoms with E-state index in [-0.39, 0.29) is 23.1 Å². The van der Waals surface area contributed by atoms with Gasteiger partial charge >= 0.3 is 0 Å². The van der Waals surface area contributed by atoms with Crippen LogP contribution in [0.1, 0.15) is 17.3 Å². The average molecular weight is 358 g/mol. The molecular weight excluding hydrogens is 340 g/mol. The maximum atomic E-state index is 12.2. The lowest BCUT2D eigenvalue weighted by atomic mass is 10.2. The summed E-state index contributed by atoms with van der Waals surface area (Å²) in [5, 5.41) is 10.7. The molecule has 25 heavy (non-hydrogen) atoms. The van der Waals surface area contributed by atoms with Gasteiger partial charge in [-0.1, -0.05) is 23.4 Å². The van der Waals surface area contributed by atoms with Crippen LogP contribution in [0.15, 0.2) is 53.4 Å². The zero-order valence-corrected chi connectivity index (χ0v) is 14.5. The van der Waals surface area contributed by atoms with E-state index in [4.69, 9.17) is 0 Å². The number of carbonyl (C=O) groups excluding carboxylic acids is 1. The molecule has 1 heterocycles. The Morgan fingerprint density at radius 1 is 1.16 bits per heavy atom. The molecule has 8 heteroatoms. The zero-order valence-electron chi connectivity index (χ0n) is 13.7. The van der Waals surface area contributed by atoms with E-state index in [9.17, 15) is 13.2 Å². The van der Waals surface area contributed by atoms with Crippen molar-refractivity contribution in [3.63, 3.8) is 0 Å². The van der Waals surface area contributed by atoms with Gasteiger partial charge < -0.3 is 5.32 Å². The van der Waals surface area contributed by atoms with Crippen LogP contribution in [0, 0.1) is 0 Å². The van der Waals surface area contributed by atoms with Crippen LogP contribution in [-0.4, -0.2) is 41.6 Å². The first kappa shape index (κ1) is 17.1. The molecule has 0 aliphatic heterocycles. The van der Waals surface area contributed by atoms with E-state index in [1.54, 1.807) is 53.2 Å². The SMILES string of the molecule is CCn1nnc2cc(C(=O)NCCS(=O)(=O)c3ccccc3)ccc21. The molecule has 7 nitrogen and oxygen atoms in total. The summed E-state index contributed by atoms with van der Waals surface area (Å²) in [5.74, 6) is -0.493. The molecule has 0 saturated carbocycles. The topological polar surface area (TPSA) is 93.9 Å². The van der Waals surface area contributed by atoms with Crippen LogP contribution < -0.4 is 5.32 Å². The third kappa shape index (κ3) is 3.69. The molecule has 1 amide bonds. The highest BCUT2D eigenvalue weighted by Crippen LogP contribution is 2.14. The Labute approximate surface area is 145 Å². The predicted octanol–water partition coefficient (Wildman–Crippen LogP) is 1.65. The molecular formula is C17H18N4O3S. The van der Waals surface area contributed by atoms with Crippen LogP contribution >= 0.6 is 0 Å². The predicted molar refractivity (Wildman–Crippen MR) is 94.0 cm³/mol. The lowest BCUT2D eigenvalue weighted by Crippen LogP contribution is -2.29. The maximum absolute atomic E-state index is 12.2. The first-order valence-electron chi connectivity index (χ1n) is 7.90. The van der Waals surface area contributed by atoms with Crippen molar-refractivity contribution < 1.29 is 13.2 Å². The number of nitrogens with one attached hydrogen (secondary N) is 1. The van der Waals surface area contributed by atoms with Gasteiger partial charge in [0.1, 0.15) is 5.52 Å². The smallest absolute Gasteiger partial charge is 0.251 e. The van der Waals surface area contributed by atoms with Crippen LogP contribution in [0.3, 0.4) is 0 Å². The standard InChI is InChI=1S/C17H18N4O3S/c1-2-21-16-9-8-13(12-15(16)19-20-21)17(22)18-10-11-25(23,24)14-6-4-3-5-7-14/h3-9,12H,2,10-11H2,1H3,(H,18,22). The number of hydrogen-bond donors (Lipinski definition) is 1. The molecule has 0 radical (unpaired) electrons. The molecule has 0 aliphatic rings. The molecule has 0 fully saturated rings. The van der Waals surface area contributed by atoms with E-state index < -0.39 is 9.84 Å². The second-order valence-corrected chi connectivity index (χ2v) is 7.61. The van der Waals surface area contributed by atoms with Gasteiger partial charge in [0, 0.05) is 18.7 Å². The lowest BCUT2D eigenvalue weighted by molar-refractivity contribution is 0.0956. The number of benzene rings is 2. The van der Waals surface area contributed by atoms with Gasteiger partial charge in [0.2, 0.25) is 0 Å². The maximum Gasteiger partial charge on any atom is 0.251 e. The van der Waals surface area contributed by atoms with Gasteiger partial charge in [0.15, 0.2) is 9.84 Å². The van der Waals surface area contributed by atoms with Gasteiger partial charge in [-0.2, -0.15) is 0 Å². The number of carbonyl (C=O) groups is 1. The van der Waals surface area contributed by atoms with Crippen molar-refractivity contribution in [2.75, 3.05) is 12.3 Å². The van der Waals surface area contributed by atoms with Gasteiger partial charge in [0.25, 0.3) is 5.91 Å². The average Bonchev–Trinajstić information content (AvgIpc) is 3.04. The zero-order chi connectivity index (χ0) is 17.9. The van der Waals surface area contributed by atoms with Gasteiger partial charge in [-0.05, 0) is 37.3 Å². The van der Waals surface area contributed by atoms with Crippen molar-refractivity contribution in [2.24, 2.45) is 0 Å². The number of sulfone groups is 1. The van der Waals surface area contributed by atoms with E-state index in [1.807, 2.05) is 6.92 Å². The fraction of sp³-hybridized carbons (Fsp3) is 0.235. The molecule has 0 atom stereocenters. The third-order valence-corrected chi connectivity index (χ3v) is 5.57. The van der Waals surface area contributed by atoms with Crippen LogP contribution in [0.2, 0.25) is 0 Å². The number of aromatic nitrogens is 3. The Balaban J connectivity index is 1.65. The summed E-state index contributed by atoms with van der Waals surface area (Å²) in [6.07, 6.45) is 0. The summed E-state index contributed by atoms with van der Waals surface area (Å²) < 4.78 is 26.1. The molecule has 2 aromatic carbocycles. The number of fused-ring (bicyclic) bond motifs is 1. The Morgan fingerprint density at radius 3 is 2.64 bits per heavy atom. The molecule has 0 unspecified atom stereocenters. The highest BCUT2D eigenvalue weighted by atomic mass is 32.2. The second kappa shape index (κ2) is 7.02. The Morgan fingerprint density at radius 2 is 1.92 bits per heavy atom. The third-order valence-electron chi connectivity index (χ3n) is 3.83. The van der Waals surface area contributed by atoms with E-state index in [2.05, 4.69) is 15.6 Å². The lowest BCUT2D eigenvalue weighted by Gasteiger charge is -2.07. The highest BCUT2D eigenvalue weighted by molar-refractivity contribution is 7.91. The minimum Gasteiger partial charge on any atom is -0.351 e. The molecule has 0 aliphatic carbocycles. The van der Waals surface area contributed by atoms with Crippen molar-refractivity contribution in [3.8, 4) is 0 Å². The molecule has 1 N–H and O–H groups in total. The fourth-order valence-corrected chi connectivity index (χ4v) is 3.67. The minimum absolute atomic E-state index is 0.0374. The Bertz CT molecular complexity index is 997. The normalized spacial score (nSPS) is 11.6. The van der Waals surface area contributed by atoms with Gasteiger partial charge in [-0.25, -0.2) is 13.1 Å². The fourth-order valence-electron chi connectivity index (χ4n) is 2.49. The first-order chi connectivity index (χ1) is 12.0. The molecule has 3 aromatic rings. The summed E-state index contributed by atoms with van der Waals surface area (Å²) in [5.41, 5.74) is 1.91. The summed E-state index contributed by atoms with van der Waals surface area (Å²) >= 11 is 0. The Kier molecular flexibility index (Phi) is 4.80. The molecule has 1 aromatic heterocycles. The largest absolute Gasteiger partial charge is 0.351 e.